The molecule has 0 aliphatic rings. The summed E-state index contributed by atoms with van der Waals surface area (Å²) < 4.78 is 28.2. The number of benzene rings is 2. The fourth-order valence-electron chi connectivity index (χ4n) is 2.01. The summed E-state index contributed by atoms with van der Waals surface area (Å²) in [7, 11) is -3.61. The second kappa shape index (κ2) is 6.17. The van der Waals surface area contributed by atoms with Gasteiger partial charge in [-0.25, -0.2) is 13.1 Å². The summed E-state index contributed by atoms with van der Waals surface area (Å²) >= 11 is 3.28. The van der Waals surface area contributed by atoms with Crippen molar-refractivity contribution >= 4 is 31.6 Å². The third-order valence-electron chi connectivity index (χ3n) is 3.37. The molecule has 0 heterocycles. The lowest BCUT2D eigenvalue weighted by atomic mass is 10.1. The molecule has 0 aromatic heterocycles. The Balaban J connectivity index is 2.30. The summed E-state index contributed by atoms with van der Waals surface area (Å²) in [5.74, 6) is 0. The van der Waals surface area contributed by atoms with Crippen LogP contribution >= 0.6 is 15.9 Å². The van der Waals surface area contributed by atoms with E-state index in [-0.39, 0.29) is 11.4 Å². The maximum absolute atomic E-state index is 12.5. The predicted molar refractivity (Wildman–Crippen MR) is 88.5 cm³/mol. The molecule has 3 N–H and O–H groups in total. The number of anilines is 1. The zero-order valence-electron chi connectivity index (χ0n) is 11.9. The molecule has 4 nitrogen and oxygen atoms in total. The molecule has 2 rings (SSSR count). The topological polar surface area (TPSA) is 72.2 Å². The monoisotopic (exact) mass is 368 g/mol. The molecule has 0 amide bonds. The molecule has 0 spiro atoms. The van der Waals surface area contributed by atoms with E-state index in [2.05, 4.69) is 20.7 Å². The van der Waals surface area contributed by atoms with Gasteiger partial charge in [0.15, 0.2) is 0 Å². The highest BCUT2D eigenvalue weighted by atomic mass is 79.9. The summed E-state index contributed by atoms with van der Waals surface area (Å²) in [5, 5.41) is 0. The fraction of sp³-hybridized carbons (Fsp3) is 0.200. The summed E-state index contributed by atoms with van der Waals surface area (Å²) in [4.78, 5) is 0.197. The van der Waals surface area contributed by atoms with Gasteiger partial charge in [0.2, 0.25) is 10.0 Å². The minimum absolute atomic E-state index is 0.197. The van der Waals surface area contributed by atoms with Crippen LogP contribution in [0.25, 0.3) is 0 Å². The smallest absolute Gasteiger partial charge is 0.241 e. The molecular formula is C15H17BrN2O2S. The van der Waals surface area contributed by atoms with E-state index in [1.165, 1.54) is 0 Å². The zero-order chi connectivity index (χ0) is 15.6. The highest BCUT2D eigenvalue weighted by molar-refractivity contribution is 9.10. The molecule has 2 aromatic rings. The van der Waals surface area contributed by atoms with Crippen molar-refractivity contribution in [3.05, 3.63) is 57.6 Å². The van der Waals surface area contributed by atoms with Crippen LogP contribution in [0, 0.1) is 13.8 Å². The molecule has 0 fully saturated rings. The normalized spacial score (nSPS) is 11.6. The summed E-state index contributed by atoms with van der Waals surface area (Å²) in [6.07, 6.45) is 0. The molecule has 0 unspecified atom stereocenters. The molecule has 0 atom stereocenters. The van der Waals surface area contributed by atoms with Gasteiger partial charge < -0.3 is 5.73 Å². The lowest BCUT2D eigenvalue weighted by molar-refractivity contribution is 0.580. The van der Waals surface area contributed by atoms with Crippen molar-refractivity contribution in [2.24, 2.45) is 0 Å². The zero-order valence-corrected chi connectivity index (χ0v) is 14.3. The molecule has 0 aliphatic carbocycles. The van der Waals surface area contributed by atoms with E-state index in [1.807, 2.05) is 31.2 Å². The van der Waals surface area contributed by atoms with Gasteiger partial charge in [0.1, 0.15) is 0 Å². The van der Waals surface area contributed by atoms with E-state index in [9.17, 15) is 8.42 Å². The number of nitrogens with one attached hydrogen (secondary N) is 1. The molecule has 0 saturated heterocycles. The highest BCUT2D eigenvalue weighted by Gasteiger charge is 2.19. The van der Waals surface area contributed by atoms with Gasteiger partial charge in [-0.1, -0.05) is 40.2 Å². The average molecular weight is 369 g/mol. The number of rotatable bonds is 4. The lowest BCUT2D eigenvalue weighted by Gasteiger charge is -2.12. The number of hydrogen-bond acceptors (Lipinski definition) is 3. The maximum atomic E-state index is 12.5. The average Bonchev–Trinajstić information content (AvgIpc) is 2.42. The number of halogens is 1. The van der Waals surface area contributed by atoms with Crippen molar-refractivity contribution in [2.45, 2.75) is 25.3 Å². The minimum Gasteiger partial charge on any atom is -0.398 e. The van der Waals surface area contributed by atoms with E-state index in [1.54, 1.807) is 19.1 Å². The van der Waals surface area contributed by atoms with E-state index < -0.39 is 10.0 Å². The molecule has 0 bridgehead atoms. The molecule has 2 aromatic carbocycles. The predicted octanol–water partition coefficient (Wildman–Crippen LogP) is 3.13. The number of sulfonamides is 1. The second-order valence-corrected chi connectivity index (χ2v) is 7.52. The summed E-state index contributed by atoms with van der Waals surface area (Å²) in [5.41, 5.74) is 8.82. The van der Waals surface area contributed by atoms with Gasteiger partial charge in [-0.3, -0.25) is 0 Å². The second-order valence-electron chi connectivity index (χ2n) is 4.87. The van der Waals surface area contributed by atoms with Crippen molar-refractivity contribution in [2.75, 3.05) is 5.73 Å². The Hall–Kier alpha value is -1.37. The van der Waals surface area contributed by atoms with Crippen LogP contribution in [0.3, 0.4) is 0 Å². The molecule has 112 valence electrons. The minimum atomic E-state index is -3.61. The maximum Gasteiger partial charge on any atom is 0.241 e. The van der Waals surface area contributed by atoms with Crippen LogP contribution in [0.4, 0.5) is 5.69 Å². The quantitative estimate of drug-likeness (QED) is 0.814. The molecule has 6 heteroatoms. The van der Waals surface area contributed by atoms with Gasteiger partial charge in [-0.2, -0.15) is 0 Å². The van der Waals surface area contributed by atoms with Crippen LogP contribution in [0.1, 0.15) is 16.7 Å². The van der Waals surface area contributed by atoms with Crippen LogP contribution in [0.5, 0.6) is 0 Å². The largest absolute Gasteiger partial charge is 0.398 e. The number of aryl methyl sites for hydroxylation is 1. The Kier molecular flexibility index (Phi) is 4.70. The van der Waals surface area contributed by atoms with Gasteiger partial charge >= 0.3 is 0 Å². The first-order valence-electron chi connectivity index (χ1n) is 6.41. The van der Waals surface area contributed by atoms with Crippen molar-refractivity contribution < 1.29 is 8.42 Å². The first kappa shape index (κ1) is 16.0. The van der Waals surface area contributed by atoms with Gasteiger partial charge in [-0.15, -0.1) is 0 Å². The van der Waals surface area contributed by atoms with Crippen LogP contribution in [0.15, 0.2) is 45.8 Å². The summed E-state index contributed by atoms with van der Waals surface area (Å²) in [6, 6.07) is 10.9. The molecule has 0 radical (unpaired) electrons. The number of hydrogen-bond donors (Lipinski definition) is 2. The Morgan fingerprint density at radius 1 is 1.19 bits per heavy atom. The van der Waals surface area contributed by atoms with Crippen molar-refractivity contribution in [3.8, 4) is 0 Å². The van der Waals surface area contributed by atoms with Crippen molar-refractivity contribution in [3.63, 3.8) is 0 Å². The lowest BCUT2D eigenvalue weighted by Crippen LogP contribution is -2.24. The Morgan fingerprint density at radius 3 is 2.52 bits per heavy atom. The van der Waals surface area contributed by atoms with E-state index >= 15 is 0 Å². The van der Waals surface area contributed by atoms with E-state index in [0.29, 0.717) is 15.7 Å². The van der Waals surface area contributed by atoms with E-state index in [0.717, 1.165) is 11.1 Å². The van der Waals surface area contributed by atoms with Gasteiger partial charge in [0.05, 0.1) is 4.90 Å². The van der Waals surface area contributed by atoms with Gasteiger partial charge in [0.25, 0.3) is 0 Å². The molecule has 21 heavy (non-hydrogen) atoms. The first-order valence-corrected chi connectivity index (χ1v) is 8.68. The fourth-order valence-corrected chi connectivity index (χ4v) is 3.94. The standard InChI is InChI=1S/C15H17BrN2O2S/c1-10-5-3-4-6-12(10)9-18-21(19,20)15-8-13(16)7-14(17)11(15)2/h3-8,18H,9,17H2,1-2H3. The van der Waals surface area contributed by atoms with Crippen LogP contribution < -0.4 is 10.5 Å². The van der Waals surface area contributed by atoms with Gasteiger partial charge in [-0.05, 0) is 42.7 Å². The Morgan fingerprint density at radius 2 is 1.86 bits per heavy atom. The van der Waals surface area contributed by atoms with Crippen molar-refractivity contribution in [1.82, 2.24) is 4.72 Å². The SMILES string of the molecule is Cc1ccccc1CNS(=O)(=O)c1cc(Br)cc(N)c1C. The van der Waals surface area contributed by atoms with E-state index in [4.69, 9.17) is 5.73 Å². The molecule has 0 aliphatic heterocycles. The molecule has 0 saturated carbocycles. The van der Waals surface area contributed by atoms with Crippen LogP contribution in [-0.2, 0) is 16.6 Å². The number of nitrogens with two attached hydrogens (primary N) is 1. The first-order chi connectivity index (χ1) is 9.81. The Labute approximate surface area is 133 Å². The molecular weight excluding hydrogens is 352 g/mol. The Bertz CT molecular complexity index is 773. The van der Waals surface area contributed by atoms with Crippen LogP contribution in [-0.4, -0.2) is 8.42 Å². The highest BCUT2D eigenvalue weighted by Crippen LogP contribution is 2.26. The van der Waals surface area contributed by atoms with Crippen molar-refractivity contribution in [1.29, 1.82) is 0 Å². The van der Waals surface area contributed by atoms with Crippen LogP contribution in [0.2, 0.25) is 0 Å². The number of nitrogen functional groups attached to an aromatic ring is 1. The third kappa shape index (κ3) is 3.64. The van der Waals surface area contributed by atoms with Gasteiger partial charge in [0, 0.05) is 16.7 Å². The third-order valence-corrected chi connectivity index (χ3v) is 5.35. The summed E-state index contributed by atoms with van der Waals surface area (Å²) in [6.45, 7) is 3.90.